The van der Waals surface area contributed by atoms with Gasteiger partial charge in [0, 0.05) is 5.39 Å². The second-order valence-electron chi connectivity index (χ2n) is 7.24. The van der Waals surface area contributed by atoms with Gasteiger partial charge in [-0.1, -0.05) is 36.4 Å². The van der Waals surface area contributed by atoms with Gasteiger partial charge in [0.1, 0.15) is 5.75 Å². The zero-order valence-electron chi connectivity index (χ0n) is 15.0. The van der Waals surface area contributed by atoms with Crippen molar-refractivity contribution in [3.8, 4) is 5.75 Å². The molecule has 0 aliphatic rings. The number of hydrogen-bond donors (Lipinski definition) is 0. The molecule has 0 heterocycles. The van der Waals surface area contributed by atoms with Crippen molar-refractivity contribution in [3.63, 3.8) is 0 Å². The Balaban J connectivity index is 1.81. The van der Waals surface area contributed by atoms with Gasteiger partial charge in [-0.05, 0) is 94.0 Å². The van der Waals surface area contributed by atoms with Crippen LogP contribution in [0, 0.1) is 0 Å². The van der Waals surface area contributed by atoms with Gasteiger partial charge in [0.15, 0.2) is 0 Å². The van der Waals surface area contributed by atoms with E-state index in [1.54, 1.807) is 0 Å². The molecular weight excluding hydrogens is 316 g/mol. The van der Waals surface area contributed by atoms with Gasteiger partial charge >= 0.3 is 0 Å². The highest BCUT2D eigenvalue weighted by atomic mass is 16.5. The van der Waals surface area contributed by atoms with E-state index < -0.39 is 0 Å². The minimum atomic E-state index is 0.166. The zero-order valence-corrected chi connectivity index (χ0v) is 15.0. The number of fused-ring (bicyclic) bond motifs is 4. The largest absolute Gasteiger partial charge is 0.490 e. The van der Waals surface area contributed by atoms with Crippen LogP contribution in [0.3, 0.4) is 0 Å². The topological polar surface area (TPSA) is 9.23 Å². The molecular formula is C25H20O. The summed E-state index contributed by atoms with van der Waals surface area (Å²) in [6.07, 6.45) is 0.166. The van der Waals surface area contributed by atoms with Crippen molar-refractivity contribution >= 4 is 43.1 Å². The standard InChI is InChI=1S/C25H20O/c1-16(2)26-25-9-5-8-19-12-22-13-20-10-17-6-3-4-7-18(17)11-21(20)14-23(22)15-24(19)25/h3-16H,1-2H3. The van der Waals surface area contributed by atoms with Crippen molar-refractivity contribution < 1.29 is 4.74 Å². The second-order valence-corrected chi connectivity index (χ2v) is 7.24. The molecule has 26 heavy (non-hydrogen) atoms. The van der Waals surface area contributed by atoms with E-state index in [-0.39, 0.29) is 6.10 Å². The molecule has 0 aromatic heterocycles. The Labute approximate surface area is 152 Å². The maximum atomic E-state index is 6.02. The molecule has 0 amide bonds. The Kier molecular flexibility index (Phi) is 3.36. The highest BCUT2D eigenvalue weighted by molar-refractivity contribution is 6.08. The van der Waals surface area contributed by atoms with Gasteiger partial charge in [0.25, 0.3) is 0 Å². The fraction of sp³-hybridized carbons (Fsp3) is 0.120. The van der Waals surface area contributed by atoms with E-state index >= 15 is 0 Å². The van der Waals surface area contributed by atoms with Crippen LogP contribution in [-0.4, -0.2) is 6.10 Å². The average Bonchev–Trinajstić information content (AvgIpc) is 2.63. The molecule has 1 nitrogen and oxygen atoms in total. The molecule has 5 rings (SSSR count). The van der Waals surface area contributed by atoms with E-state index in [4.69, 9.17) is 4.74 Å². The second kappa shape index (κ2) is 5.74. The Hall–Kier alpha value is -3.06. The highest BCUT2D eigenvalue weighted by Crippen LogP contribution is 2.33. The molecule has 5 aromatic rings. The lowest BCUT2D eigenvalue weighted by atomic mass is 9.97. The summed E-state index contributed by atoms with van der Waals surface area (Å²) in [7, 11) is 0. The van der Waals surface area contributed by atoms with Gasteiger partial charge in [-0.15, -0.1) is 0 Å². The predicted octanol–water partition coefficient (Wildman–Crippen LogP) is 7.09. The van der Waals surface area contributed by atoms with Crippen molar-refractivity contribution in [2.45, 2.75) is 20.0 Å². The predicted molar refractivity (Wildman–Crippen MR) is 112 cm³/mol. The first-order valence-corrected chi connectivity index (χ1v) is 9.13. The number of benzene rings is 5. The summed E-state index contributed by atoms with van der Waals surface area (Å²) in [6.45, 7) is 4.14. The molecule has 1 heteroatoms. The highest BCUT2D eigenvalue weighted by Gasteiger charge is 2.07. The summed E-state index contributed by atoms with van der Waals surface area (Å²) in [5, 5.41) is 10.0. The molecule has 0 bridgehead atoms. The van der Waals surface area contributed by atoms with Gasteiger partial charge in [-0.25, -0.2) is 0 Å². The summed E-state index contributed by atoms with van der Waals surface area (Å²) in [6, 6.07) is 28.5. The molecule has 0 aliphatic heterocycles. The molecule has 0 unspecified atom stereocenters. The van der Waals surface area contributed by atoms with E-state index in [2.05, 4.69) is 92.7 Å². The summed E-state index contributed by atoms with van der Waals surface area (Å²) >= 11 is 0. The monoisotopic (exact) mass is 336 g/mol. The van der Waals surface area contributed by atoms with Crippen LogP contribution in [-0.2, 0) is 0 Å². The lowest BCUT2D eigenvalue weighted by molar-refractivity contribution is 0.245. The minimum absolute atomic E-state index is 0.166. The van der Waals surface area contributed by atoms with E-state index in [1.807, 2.05) is 0 Å². The Morgan fingerprint density at radius 1 is 0.538 bits per heavy atom. The van der Waals surface area contributed by atoms with Gasteiger partial charge < -0.3 is 4.74 Å². The molecule has 0 fully saturated rings. The summed E-state index contributed by atoms with van der Waals surface area (Å²) in [5.74, 6) is 0.956. The number of hydrogen-bond acceptors (Lipinski definition) is 1. The van der Waals surface area contributed by atoms with E-state index in [0.29, 0.717) is 0 Å². The van der Waals surface area contributed by atoms with Crippen LogP contribution >= 0.6 is 0 Å². The molecule has 5 aromatic carbocycles. The van der Waals surface area contributed by atoms with Crippen molar-refractivity contribution in [2.75, 3.05) is 0 Å². The Morgan fingerprint density at radius 2 is 1.04 bits per heavy atom. The zero-order chi connectivity index (χ0) is 17.7. The van der Waals surface area contributed by atoms with E-state index in [0.717, 1.165) is 5.75 Å². The first-order chi connectivity index (χ1) is 12.7. The summed E-state index contributed by atoms with van der Waals surface area (Å²) in [5.41, 5.74) is 0. The SMILES string of the molecule is CC(C)Oc1cccc2cc3cc4cc5ccccc5cc4cc3cc12. The van der Waals surface area contributed by atoms with Crippen LogP contribution in [0.5, 0.6) is 5.75 Å². The molecule has 0 atom stereocenters. The van der Waals surface area contributed by atoms with Gasteiger partial charge in [0.2, 0.25) is 0 Å². The molecule has 0 saturated carbocycles. The fourth-order valence-corrected chi connectivity index (χ4v) is 3.80. The molecule has 0 radical (unpaired) electrons. The third-order valence-corrected chi connectivity index (χ3v) is 4.98. The minimum Gasteiger partial charge on any atom is -0.490 e. The van der Waals surface area contributed by atoms with Crippen LogP contribution in [0.1, 0.15) is 13.8 Å². The maximum absolute atomic E-state index is 6.02. The third kappa shape index (κ3) is 2.48. The Bertz CT molecular complexity index is 1280. The quantitative estimate of drug-likeness (QED) is 0.313. The molecule has 0 aliphatic carbocycles. The first kappa shape index (κ1) is 15.2. The van der Waals surface area contributed by atoms with Crippen molar-refractivity contribution in [1.82, 2.24) is 0 Å². The normalized spacial score (nSPS) is 11.8. The fourth-order valence-electron chi connectivity index (χ4n) is 3.80. The maximum Gasteiger partial charge on any atom is 0.127 e. The number of rotatable bonds is 2. The molecule has 0 spiro atoms. The van der Waals surface area contributed by atoms with Crippen molar-refractivity contribution in [2.24, 2.45) is 0 Å². The van der Waals surface area contributed by atoms with Crippen LogP contribution in [0.4, 0.5) is 0 Å². The van der Waals surface area contributed by atoms with Gasteiger partial charge in [-0.2, -0.15) is 0 Å². The third-order valence-electron chi connectivity index (χ3n) is 4.98. The summed E-state index contributed by atoms with van der Waals surface area (Å²) in [4.78, 5) is 0. The van der Waals surface area contributed by atoms with Gasteiger partial charge in [-0.3, -0.25) is 0 Å². The van der Waals surface area contributed by atoms with E-state index in [9.17, 15) is 0 Å². The van der Waals surface area contributed by atoms with Crippen LogP contribution in [0.15, 0.2) is 78.9 Å². The molecule has 0 N–H and O–H groups in total. The van der Waals surface area contributed by atoms with E-state index in [1.165, 1.54) is 43.1 Å². The van der Waals surface area contributed by atoms with Crippen LogP contribution in [0.2, 0.25) is 0 Å². The first-order valence-electron chi connectivity index (χ1n) is 9.13. The Morgan fingerprint density at radius 3 is 1.65 bits per heavy atom. The number of ether oxygens (including phenoxy) is 1. The van der Waals surface area contributed by atoms with Crippen molar-refractivity contribution in [3.05, 3.63) is 78.9 Å². The van der Waals surface area contributed by atoms with Crippen LogP contribution in [0.25, 0.3) is 43.1 Å². The summed E-state index contributed by atoms with van der Waals surface area (Å²) < 4.78 is 6.02. The molecule has 0 saturated heterocycles. The van der Waals surface area contributed by atoms with Crippen molar-refractivity contribution in [1.29, 1.82) is 0 Å². The lowest BCUT2D eigenvalue weighted by Crippen LogP contribution is -2.05. The van der Waals surface area contributed by atoms with Crippen LogP contribution < -0.4 is 4.74 Å². The van der Waals surface area contributed by atoms with Gasteiger partial charge in [0.05, 0.1) is 6.10 Å². The smallest absolute Gasteiger partial charge is 0.127 e. The molecule has 126 valence electrons. The average molecular weight is 336 g/mol. The lowest BCUT2D eigenvalue weighted by Gasteiger charge is -2.13.